The van der Waals surface area contributed by atoms with E-state index in [2.05, 4.69) is 5.32 Å². The first-order valence-corrected chi connectivity index (χ1v) is 7.64. The van der Waals surface area contributed by atoms with Gasteiger partial charge in [0, 0.05) is 22.3 Å². The quantitative estimate of drug-likeness (QED) is 0.848. The van der Waals surface area contributed by atoms with Crippen LogP contribution in [-0.4, -0.2) is 34.6 Å². The largest absolute Gasteiger partial charge is 0.481 e. The van der Waals surface area contributed by atoms with E-state index in [1.807, 2.05) is 26.0 Å². The number of carboxylic acids is 1. The number of nitrogens with one attached hydrogen (secondary N) is 1. The van der Waals surface area contributed by atoms with Gasteiger partial charge in [-0.1, -0.05) is 0 Å². The molecule has 20 heavy (non-hydrogen) atoms. The van der Waals surface area contributed by atoms with Crippen LogP contribution in [0.15, 0.2) is 12.1 Å². The van der Waals surface area contributed by atoms with E-state index < -0.39 is 5.97 Å². The van der Waals surface area contributed by atoms with Gasteiger partial charge in [0.1, 0.15) is 0 Å². The van der Waals surface area contributed by atoms with Crippen molar-refractivity contribution in [2.75, 3.05) is 6.54 Å². The number of rotatable bonds is 6. The number of carbonyl (C=O) groups is 2. The van der Waals surface area contributed by atoms with Crippen LogP contribution < -0.4 is 5.32 Å². The highest BCUT2D eigenvalue weighted by Crippen LogP contribution is 2.28. The van der Waals surface area contributed by atoms with Crippen molar-refractivity contribution in [2.24, 2.45) is 0 Å². The molecule has 2 rings (SSSR count). The molecule has 0 spiro atoms. The number of hydrogen-bond donors (Lipinski definition) is 2. The number of aliphatic carboxylic acids is 1. The summed E-state index contributed by atoms with van der Waals surface area (Å²) in [5.41, 5.74) is 0. The van der Waals surface area contributed by atoms with Crippen LogP contribution in [0.25, 0.3) is 0 Å². The molecule has 0 aromatic carbocycles. The first kappa shape index (κ1) is 14.8. The van der Waals surface area contributed by atoms with Gasteiger partial charge in [0.25, 0.3) is 0 Å². The average Bonchev–Trinajstić information content (AvgIpc) is 3.10. The summed E-state index contributed by atoms with van der Waals surface area (Å²) in [7, 11) is 0. The predicted octanol–water partition coefficient (Wildman–Crippen LogP) is 2.77. The van der Waals surface area contributed by atoms with E-state index >= 15 is 0 Å². The van der Waals surface area contributed by atoms with Gasteiger partial charge in [-0.3, -0.25) is 4.79 Å². The third kappa shape index (κ3) is 3.96. The molecule has 110 valence electrons. The Balaban J connectivity index is 1.92. The van der Waals surface area contributed by atoms with Crippen LogP contribution in [0.1, 0.15) is 42.0 Å². The standard InChI is InChI=1S/C14H20N2O3S/c1-9-3-6-12(20-9)10(2)15-14(19)16(11-4-5-11)8-7-13(17)18/h3,6,10-11H,4-5,7-8H2,1-2H3,(H,15,19)(H,17,18). The van der Waals surface area contributed by atoms with Gasteiger partial charge >= 0.3 is 12.0 Å². The van der Waals surface area contributed by atoms with Crippen molar-refractivity contribution in [1.29, 1.82) is 0 Å². The van der Waals surface area contributed by atoms with Gasteiger partial charge in [-0.05, 0) is 38.8 Å². The lowest BCUT2D eigenvalue weighted by molar-refractivity contribution is -0.137. The van der Waals surface area contributed by atoms with E-state index in [0.29, 0.717) is 0 Å². The molecular weight excluding hydrogens is 276 g/mol. The van der Waals surface area contributed by atoms with Gasteiger partial charge in [0.2, 0.25) is 0 Å². The Labute approximate surface area is 122 Å². The van der Waals surface area contributed by atoms with Crippen LogP contribution in [0, 0.1) is 6.92 Å². The normalized spacial score (nSPS) is 15.7. The molecule has 1 saturated carbocycles. The van der Waals surface area contributed by atoms with Gasteiger partial charge in [-0.2, -0.15) is 0 Å². The lowest BCUT2D eigenvalue weighted by atomic mass is 10.3. The summed E-state index contributed by atoms with van der Waals surface area (Å²) < 4.78 is 0. The monoisotopic (exact) mass is 296 g/mol. The SMILES string of the molecule is Cc1ccc(C(C)NC(=O)N(CCC(=O)O)C2CC2)s1. The maximum atomic E-state index is 12.3. The summed E-state index contributed by atoms with van der Waals surface area (Å²) in [5, 5.41) is 11.7. The summed E-state index contributed by atoms with van der Waals surface area (Å²) in [5.74, 6) is -0.870. The molecule has 0 saturated heterocycles. The molecule has 0 aliphatic heterocycles. The van der Waals surface area contributed by atoms with E-state index in [1.54, 1.807) is 16.2 Å². The lowest BCUT2D eigenvalue weighted by Crippen LogP contribution is -2.43. The Morgan fingerprint density at radius 3 is 2.70 bits per heavy atom. The van der Waals surface area contributed by atoms with Crippen LogP contribution in [0.4, 0.5) is 4.79 Å². The zero-order valence-electron chi connectivity index (χ0n) is 11.8. The van der Waals surface area contributed by atoms with E-state index in [9.17, 15) is 9.59 Å². The van der Waals surface area contributed by atoms with E-state index in [0.717, 1.165) is 17.7 Å². The number of hydrogen-bond acceptors (Lipinski definition) is 3. The third-order valence-corrected chi connectivity index (χ3v) is 4.53. The highest BCUT2D eigenvalue weighted by atomic mass is 32.1. The van der Waals surface area contributed by atoms with Crippen molar-refractivity contribution >= 4 is 23.3 Å². The molecule has 0 radical (unpaired) electrons. The highest BCUT2D eigenvalue weighted by molar-refractivity contribution is 7.12. The predicted molar refractivity (Wildman–Crippen MR) is 78.0 cm³/mol. The van der Waals surface area contributed by atoms with Crippen molar-refractivity contribution < 1.29 is 14.7 Å². The number of carbonyl (C=O) groups excluding carboxylic acids is 1. The van der Waals surface area contributed by atoms with Crippen molar-refractivity contribution in [3.63, 3.8) is 0 Å². The Bertz CT molecular complexity index is 496. The molecule has 1 aliphatic rings. The smallest absolute Gasteiger partial charge is 0.318 e. The molecule has 1 fully saturated rings. The molecular formula is C14H20N2O3S. The van der Waals surface area contributed by atoms with Crippen molar-refractivity contribution in [1.82, 2.24) is 10.2 Å². The fraction of sp³-hybridized carbons (Fsp3) is 0.571. The molecule has 1 aromatic heterocycles. The Hall–Kier alpha value is -1.56. The molecule has 1 aliphatic carbocycles. The van der Waals surface area contributed by atoms with Gasteiger partial charge in [0.05, 0.1) is 12.5 Å². The molecule has 1 heterocycles. The first-order valence-electron chi connectivity index (χ1n) is 6.82. The Kier molecular flexibility index (Phi) is 4.65. The van der Waals surface area contributed by atoms with Gasteiger partial charge in [-0.15, -0.1) is 11.3 Å². The van der Waals surface area contributed by atoms with Gasteiger partial charge in [0.15, 0.2) is 0 Å². The Morgan fingerprint density at radius 2 is 2.20 bits per heavy atom. The summed E-state index contributed by atoms with van der Waals surface area (Å²) >= 11 is 1.66. The summed E-state index contributed by atoms with van der Waals surface area (Å²) in [4.78, 5) is 26.9. The topological polar surface area (TPSA) is 69.6 Å². The molecule has 6 heteroatoms. The second-order valence-electron chi connectivity index (χ2n) is 5.19. The summed E-state index contributed by atoms with van der Waals surface area (Å²) in [6.45, 7) is 4.26. The Morgan fingerprint density at radius 1 is 1.50 bits per heavy atom. The molecule has 2 amide bonds. The lowest BCUT2D eigenvalue weighted by Gasteiger charge is -2.24. The number of nitrogens with zero attached hydrogens (tertiary/aromatic N) is 1. The van der Waals surface area contributed by atoms with E-state index in [1.165, 1.54) is 4.88 Å². The molecule has 5 nitrogen and oxygen atoms in total. The molecule has 1 aromatic rings. The van der Waals surface area contributed by atoms with Crippen molar-refractivity contribution in [2.45, 2.75) is 45.2 Å². The van der Waals surface area contributed by atoms with Crippen LogP contribution >= 0.6 is 11.3 Å². The minimum atomic E-state index is -0.870. The first-order chi connectivity index (χ1) is 9.47. The molecule has 2 N–H and O–H groups in total. The molecule has 1 unspecified atom stereocenters. The second-order valence-corrected chi connectivity index (χ2v) is 6.51. The highest BCUT2D eigenvalue weighted by Gasteiger charge is 2.33. The number of urea groups is 1. The summed E-state index contributed by atoms with van der Waals surface area (Å²) in [6, 6.07) is 4.06. The second kappa shape index (κ2) is 6.26. The van der Waals surface area contributed by atoms with Gasteiger partial charge in [-0.25, -0.2) is 4.79 Å². The number of carboxylic acid groups (broad SMARTS) is 1. The maximum absolute atomic E-state index is 12.3. The third-order valence-electron chi connectivity index (χ3n) is 3.34. The van der Waals surface area contributed by atoms with Crippen LogP contribution in [0.5, 0.6) is 0 Å². The minimum Gasteiger partial charge on any atom is -0.481 e. The molecule has 1 atom stereocenters. The number of thiophene rings is 1. The van der Waals surface area contributed by atoms with Crippen LogP contribution in [-0.2, 0) is 4.79 Å². The zero-order chi connectivity index (χ0) is 14.7. The van der Waals surface area contributed by atoms with Crippen molar-refractivity contribution in [3.8, 4) is 0 Å². The maximum Gasteiger partial charge on any atom is 0.318 e. The van der Waals surface area contributed by atoms with E-state index in [4.69, 9.17) is 5.11 Å². The fourth-order valence-electron chi connectivity index (χ4n) is 2.08. The molecule has 0 bridgehead atoms. The fourth-order valence-corrected chi connectivity index (χ4v) is 2.96. The minimum absolute atomic E-state index is 0.00356. The number of aryl methyl sites for hydroxylation is 1. The van der Waals surface area contributed by atoms with Crippen LogP contribution in [0.3, 0.4) is 0 Å². The van der Waals surface area contributed by atoms with E-state index in [-0.39, 0.29) is 31.1 Å². The van der Waals surface area contributed by atoms with Crippen molar-refractivity contribution in [3.05, 3.63) is 21.9 Å². The van der Waals surface area contributed by atoms with Gasteiger partial charge < -0.3 is 15.3 Å². The zero-order valence-corrected chi connectivity index (χ0v) is 12.6. The van der Waals surface area contributed by atoms with Crippen LogP contribution in [0.2, 0.25) is 0 Å². The summed E-state index contributed by atoms with van der Waals surface area (Å²) in [6.07, 6.45) is 1.94. The number of amides is 2. The average molecular weight is 296 g/mol.